The lowest BCUT2D eigenvalue weighted by molar-refractivity contribution is 0.651. The molecule has 0 saturated heterocycles. The molecule has 0 amide bonds. The molecule has 0 N–H and O–H groups in total. The Morgan fingerprint density at radius 2 is 1.10 bits per heavy atom. The van der Waals surface area contributed by atoms with Crippen LogP contribution in [0.25, 0.3) is 0 Å². The Hall–Kier alpha value is -0.520. The van der Waals surface area contributed by atoms with Crippen molar-refractivity contribution in [2.45, 2.75) is 38.5 Å². The van der Waals surface area contributed by atoms with E-state index in [9.17, 15) is 0 Å². The van der Waals surface area contributed by atoms with Crippen molar-refractivity contribution in [2.24, 2.45) is 0 Å². The van der Waals surface area contributed by atoms with Crippen LogP contribution in [0.5, 0.6) is 0 Å². The van der Waals surface area contributed by atoms with E-state index in [-0.39, 0.29) is 0 Å². The first-order valence-electron chi connectivity index (χ1n) is 4.32. The van der Waals surface area contributed by atoms with E-state index < -0.39 is 0 Å². The van der Waals surface area contributed by atoms with Crippen LogP contribution in [0, 0.1) is 0 Å². The first-order chi connectivity index (χ1) is 5.00. The van der Waals surface area contributed by atoms with Crippen LogP contribution in [-0.2, 0) is 0 Å². The molecule has 0 spiro atoms. The zero-order valence-electron chi connectivity index (χ0n) is 6.55. The van der Waals surface area contributed by atoms with Gasteiger partial charge in [0.2, 0.25) is 0 Å². The van der Waals surface area contributed by atoms with Gasteiger partial charge in [0, 0.05) is 0 Å². The molecule has 0 atom stereocenters. The van der Waals surface area contributed by atoms with Gasteiger partial charge in [0.05, 0.1) is 0 Å². The standard InChI is InChI=1S/C10H16/c1-2-4-6-8-10-9-7-5-3-1/h1-4H,5-10H2/b3-1+,4-2?. The first kappa shape index (κ1) is 7.59. The SMILES string of the molecule is C1=CCCCCCC/C=C/1. The molecule has 0 aromatic carbocycles. The molecule has 0 heterocycles. The molecule has 1 aliphatic rings. The molecule has 0 fully saturated rings. The van der Waals surface area contributed by atoms with E-state index in [1.54, 1.807) is 0 Å². The second-order valence-electron chi connectivity index (χ2n) is 2.85. The Bertz CT molecular complexity index is 104. The van der Waals surface area contributed by atoms with E-state index >= 15 is 0 Å². The third kappa shape index (κ3) is 3.49. The molecule has 0 aliphatic heterocycles. The third-order valence-electron chi connectivity index (χ3n) is 1.87. The van der Waals surface area contributed by atoms with E-state index in [0.717, 1.165) is 0 Å². The Balaban J connectivity index is 2.26. The Kier molecular flexibility index (Phi) is 4.00. The minimum Gasteiger partial charge on any atom is -0.0845 e. The van der Waals surface area contributed by atoms with Crippen molar-refractivity contribution in [3.8, 4) is 0 Å². The van der Waals surface area contributed by atoms with Gasteiger partial charge in [-0.05, 0) is 25.7 Å². The van der Waals surface area contributed by atoms with Crippen LogP contribution in [0.2, 0.25) is 0 Å². The van der Waals surface area contributed by atoms with Crippen molar-refractivity contribution in [1.29, 1.82) is 0 Å². The van der Waals surface area contributed by atoms with Gasteiger partial charge in [-0.2, -0.15) is 0 Å². The van der Waals surface area contributed by atoms with Gasteiger partial charge in [-0.1, -0.05) is 37.1 Å². The Morgan fingerprint density at radius 1 is 0.600 bits per heavy atom. The fraction of sp³-hybridized carbons (Fsp3) is 0.600. The molecule has 1 rings (SSSR count). The zero-order valence-corrected chi connectivity index (χ0v) is 6.55. The average Bonchev–Trinajstić information content (AvgIpc) is 2.01. The van der Waals surface area contributed by atoms with Gasteiger partial charge < -0.3 is 0 Å². The number of hydrogen-bond acceptors (Lipinski definition) is 0. The summed E-state index contributed by atoms with van der Waals surface area (Å²) in [5.41, 5.74) is 0. The van der Waals surface area contributed by atoms with E-state index in [1.165, 1.54) is 38.5 Å². The fourth-order valence-corrected chi connectivity index (χ4v) is 1.23. The smallest absolute Gasteiger partial charge is 0.0348 e. The van der Waals surface area contributed by atoms with Crippen LogP contribution < -0.4 is 0 Å². The summed E-state index contributed by atoms with van der Waals surface area (Å²) in [6, 6.07) is 0. The summed E-state index contributed by atoms with van der Waals surface area (Å²) in [7, 11) is 0. The van der Waals surface area contributed by atoms with Crippen LogP contribution in [0.3, 0.4) is 0 Å². The topological polar surface area (TPSA) is 0 Å². The van der Waals surface area contributed by atoms with Crippen LogP contribution in [0.1, 0.15) is 38.5 Å². The predicted molar refractivity (Wildman–Crippen MR) is 46.0 cm³/mol. The monoisotopic (exact) mass is 136 g/mol. The van der Waals surface area contributed by atoms with Crippen molar-refractivity contribution in [1.82, 2.24) is 0 Å². The van der Waals surface area contributed by atoms with Gasteiger partial charge in [-0.15, -0.1) is 0 Å². The molecule has 0 unspecified atom stereocenters. The lowest BCUT2D eigenvalue weighted by Gasteiger charge is -1.97. The fourth-order valence-electron chi connectivity index (χ4n) is 1.23. The highest BCUT2D eigenvalue weighted by molar-refractivity contribution is 5.02. The molecule has 56 valence electrons. The second kappa shape index (κ2) is 5.28. The summed E-state index contributed by atoms with van der Waals surface area (Å²) >= 11 is 0. The first-order valence-corrected chi connectivity index (χ1v) is 4.32. The molecule has 0 aromatic heterocycles. The molecule has 0 nitrogen and oxygen atoms in total. The quantitative estimate of drug-likeness (QED) is 0.478. The molecule has 10 heavy (non-hydrogen) atoms. The molecule has 0 saturated carbocycles. The summed E-state index contributed by atoms with van der Waals surface area (Å²) in [5, 5.41) is 0. The molecular weight excluding hydrogens is 120 g/mol. The van der Waals surface area contributed by atoms with Gasteiger partial charge in [0.1, 0.15) is 0 Å². The maximum absolute atomic E-state index is 2.27. The van der Waals surface area contributed by atoms with Crippen LogP contribution in [0.4, 0.5) is 0 Å². The summed E-state index contributed by atoms with van der Waals surface area (Å²) < 4.78 is 0. The third-order valence-corrected chi connectivity index (χ3v) is 1.87. The van der Waals surface area contributed by atoms with Crippen LogP contribution in [0.15, 0.2) is 24.3 Å². The summed E-state index contributed by atoms with van der Waals surface area (Å²) in [6.07, 6.45) is 17.0. The molecule has 0 heteroatoms. The molecule has 0 aromatic rings. The van der Waals surface area contributed by atoms with Crippen LogP contribution in [-0.4, -0.2) is 0 Å². The van der Waals surface area contributed by atoms with Gasteiger partial charge in [0.25, 0.3) is 0 Å². The van der Waals surface area contributed by atoms with E-state index in [4.69, 9.17) is 0 Å². The van der Waals surface area contributed by atoms with Crippen molar-refractivity contribution >= 4 is 0 Å². The lowest BCUT2D eigenvalue weighted by Crippen LogP contribution is -1.77. The number of allylic oxidation sites excluding steroid dienone is 4. The van der Waals surface area contributed by atoms with Crippen molar-refractivity contribution < 1.29 is 0 Å². The number of hydrogen-bond donors (Lipinski definition) is 0. The molecular formula is C10H16. The largest absolute Gasteiger partial charge is 0.0845 e. The highest BCUT2D eigenvalue weighted by Gasteiger charge is 1.88. The lowest BCUT2D eigenvalue weighted by atomic mass is 10.1. The summed E-state index contributed by atoms with van der Waals surface area (Å²) in [6.45, 7) is 0. The van der Waals surface area contributed by atoms with Gasteiger partial charge in [-0.3, -0.25) is 0 Å². The van der Waals surface area contributed by atoms with E-state index in [2.05, 4.69) is 24.3 Å². The van der Waals surface area contributed by atoms with E-state index in [0.29, 0.717) is 0 Å². The minimum absolute atomic E-state index is 1.27. The Labute approximate surface area is 63.6 Å². The summed E-state index contributed by atoms with van der Waals surface area (Å²) in [5.74, 6) is 0. The second-order valence-corrected chi connectivity index (χ2v) is 2.85. The van der Waals surface area contributed by atoms with Crippen LogP contribution >= 0.6 is 0 Å². The normalized spacial score (nSPS) is 24.0. The molecule has 0 radical (unpaired) electrons. The summed E-state index contributed by atoms with van der Waals surface area (Å²) in [4.78, 5) is 0. The van der Waals surface area contributed by atoms with Crippen molar-refractivity contribution in [3.05, 3.63) is 24.3 Å². The maximum Gasteiger partial charge on any atom is -0.0348 e. The highest BCUT2D eigenvalue weighted by atomic mass is 13.9. The van der Waals surface area contributed by atoms with Gasteiger partial charge >= 0.3 is 0 Å². The maximum atomic E-state index is 2.27. The average molecular weight is 136 g/mol. The predicted octanol–water partition coefficient (Wildman–Crippen LogP) is 3.45. The van der Waals surface area contributed by atoms with Crippen molar-refractivity contribution in [2.75, 3.05) is 0 Å². The molecule has 1 aliphatic carbocycles. The van der Waals surface area contributed by atoms with Gasteiger partial charge in [0.15, 0.2) is 0 Å². The van der Waals surface area contributed by atoms with Crippen molar-refractivity contribution in [3.63, 3.8) is 0 Å². The molecule has 0 bridgehead atoms. The minimum atomic E-state index is 1.27. The van der Waals surface area contributed by atoms with Gasteiger partial charge in [-0.25, -0.2) is 0 Å². The number of rotatable bonds is 0. The highest BCUT2D eigenvalue weighted by Crippen LogP contribution is 2.07. The zero-order chi connectivity index (χ0) is 7.07. The van der Waals surface area contributed by atoms with E-state index in [1.807, 2.05) is 0 Å². The Morgan fingerprint density at radius 3 is 1.60 bits per heavy atom.